The molecule has 1 fully saturated rings. The van der Waals surface area contributed by atoms with E-state index < -0.39 is 23.8 Å². The van der Waals surface area contributed by atoms with E-state index in [9.17, 15) is 24.0 Å². The van der Waals surface area contributed by atoms with Crippen LogP contribution in [0.1, 0.15) is 36.8 Å². The number of carbonyl (C=O) groups excluding carboxylic acids is 4. The lowest BCUT2D eigenvalue weighted by Crippen LogP contribution is -2.42. The highest BCUT2D eigenvalue weighted by atomic mass is 16.5. The van der Waals surface area contributed by atoms with Gasteiger partial charge in [0, 0.05) is 38.3 Å². The van der Waals surface area contributed by atoms with E-state index in [4.69, 9.17) is 9.84 Å². The molecule has 1 heterocycles. The molecule has 12 nitrogen and oxygen atoms in total. The average molecular weight is 568 g/mol. The van der Waals surface area contributed by atoms with Gasteiger partial charge in [0.05, 0.1) is 32.2 Å². The molecule has 2 aromatic rings. The van der Waals surface area contributed by atoms with E-state index in [2.05, 4.69) is 16.0 Å². The van der Waals surface area contributed by atoms with E-state index in [0.29, 0.717) is 48.6 Å². The van der Waals surface area contributed by atoms with Crippen LogP contribution >= 0.6 is 0 Å². The molecule has 1 saturated heterocycles. The zero-order valence-corrected chi connectivity index (χ0v) is 23.4. The first-order chi connectivity index (χ1) is 19.7. The van der Waals surface area contributed by atoms with Gasteiger partial charge in [0.1, 0.15) is 5.75 Å². The fourth-order valence-electron chi connectivity index (χ4n) is 4.46. The number of amides is 5. The molecular weight excluding hydrogens is 530 g/mol. The van der Waals surface area contributed by atoms with Crippen molar-refractivity contribution in [2.75, 3.05) is 50.5 Å². The van der Waals surface area contributed by atoms with Gasteiger partial charge >= 0.3 is 12.0 Å². The van der Waals surface area contributed by atoms with Crippen molar-refractivity contribution < 1.29 is 33.8 Å². The van der Waals surface area contributed by atoms with Crippen LogP contribution in [0.2, 0.25) is 0 Å². The second-order valence-corrected chi connectivity index (χ2v) is 9.74. The lowest BCUT2D eigenvalue weighted by Gasteiger charge is -2.24. The standard InChI is InChI=1S/C29H37N5O7/c1-20-7-3-4-8-22(20)31-29(40)32-23-11-10-21(17-24(23)41-2)18-25(35)30-19-27(37)34(16-12-28(38)39)15-6-14-33-13-5-9-26(33)36/h3-4,7-8,10-11,17H,5-6,9,12-16,18-19H2,1-2H3,(H,30,35)(H,38,39)(H2,31,32,40). The maximum absolute atomic E-state index is 12.8. The van der Waals surface area contributed by atoms with Crippen LogP contribution in [0.25, 0.3) is 0 Å². The quantitative estimate of drug-likeness (QED) is 0.273. The highest BCUT2D eigenvalue weighted by molar-refractivity contribution is 6.01. The second kappa shape index (κ2) is 15.2. The lowest BCUT2D eigenvalue weighted by atomic mass is 10.1. The van der Waals surface area contributed by atoms with Crippen molar-refractivity contribution in [1.29, 1.82) is 0 Å². The van der Waals surface area contributed by atoms with Gasteiger partial charge in [-0.05, 0) is 49.1 Å². The van der Waals surface area contributed by atoms with Crippen LogP contribution in [0.4, 0.5) is 16.2 Å². The summed E-state index contributed by atoms with van der Waals surface area (Å²) < 4.78 is 5.39. The third-order valence-corrected chi connectivity index (χ3v) is 6.68. The van der Waals surface area contributed by atoms with Gasteiger partial charge in [-0.2, -0.15) is 0 Å². The van der Waals surface area contributed by atoms with E-state index in [1.807, 2.05) is 25.1 Å². The number of aryl methyl sites for hydroxylation is 1. The molecule has 220 valence electrons. The minimum atomic E-state index is -1.03. The number of urea groups is 1. The molecule has 0 bridgehead atoms. The third-order valence-electron chi connectivity index (χ3n) is 6.68. The van der Waals surface area contributed by atoms with Crippen LogP contribution in [-0.2, 0) is 25.6 Å². The molecule has 2 aromatic carbocycles. The predicted octanol–water partition coefficient (Wildman–Crippen LogP) is 2.62. The SMILES string of the molecule is COc1cc(CC(=O)NCC(=O)N(CCCN2CCCC2=O)CCC(=O)O)ccc1NC(=O)Nc1ccccc1C. The molecule has 0 spiro atoms. The number of hydrogen-bond donors (Lipinski definition) is 4. The molecule has 0 unspecified atom stereocenters. The molecular formula is C29H37N5O7. The lowest BCUT2D eigenvalue weighted by molar-refractivity contribution is -0.139. The molecule has 1 aliphatic rings. The third kappa shape index (κ3) is 9.82. The van der Waals surface area contributed by atoms with Crippen molar-refractivity contribution in [2.45, 2.75) is 39.0 Å². The van der Waals surface area contributed by atoms with Crippen molar-refractivity contribution >= 4 is 41.1 Å². The van der Waals surface area contributed by atoms with E-state index >= 15 is 0 Å². The number of hydrogen-bond acceptors (Lipinski definition) is 6. The highest BCUT2D eigenvalue weighted by Gasteiger charge is 2.21. The normalized spacial score (nSPS) is 12.5. The molecule has 5 amide bonds. The number of nitrogens with one attached hydrogen (secondary N) is 3. The maximum atomic E-state index is 12.8. The van der Waals surface area contributed by atoms with Gasteiger partial charge in [-0.15, -0.1) is 0 Å². The minimum absolute atomic E-state index is 0.0149. The van der Waals surface area contributed by atoms with Crippen molar-refractivity contribution in [3.63, 3.8) is 0 Å². The molecule has 0 atom stereocenters. The van der Waals surface area contributed by atoms with Gasteiger partial charge < -0.3 is 35.6 Å². The first-order valence-corrected chi connectivity index (χ1v) is 13.5. The Bertz CT molecular complexity index is 1270. The largest absolute Gasteiger partial charge is 0.495 e. The number of ether oxygens (including phenoxy) is 1. The summed E-state index contributed by atoms with van der Waals surface area (Å²) >= 11 is 0. The Morgan fingerprint density at radius 1 is 1.05 bits per heavy atom. The van der Waals surface area contributed by atoms with Crippen LogP contribution in [0.15, 0.2) is 42.5 Å². The minimum Gasteiger partial charge on any atom is -0.495 e. The van der Waals surface area contributed by atoms with Crippen molar-refractivity contribution in [2.24, 2.45) is 0 Å². The number of para-hydroxylation sites is 1. The number of methoxy groups -OCH3 is 1. The van der Waals surface area contributed by atoms with Gasteiger partial charge in [0.25, 0.3) is 0 Å². The van der Waals surface area contributed by atoms with Crippen LogP contribution in [0.3, 0.4) is 0 Å². The summed E-state index contributed by atoms with van der Waals surface area (Å²) in [4.78, 5) is 63.8. The van der Waals surface area contributed by atoms with Gasteiger partial charge in [-0.25, -0.2) is 4.79 Å². The van der Waals surface area contributed by atoms with Gasteiger partial charge in [-0.3, -0.25) is 19.2 Å². The van der Waals surface area contributed by atoms with Crippen LogP contribution in [0, 0.1) is 6.92 Å². The molecule has 1 aliphatic heterocycles. The molecule has 3 rings (SSSR count). The number of benzene rings is 2. The predicted molar refractivity (Wildman–Crippen MR) is 153 cm³/mol. The molecule has 4 N–H and O–H groups in total. The van der Waals surface area contributed by atoms with Crippen molar-refractivity contribution in [1.82, 2.24) is 15.1 Å². The number of carboxylic acids is 1. The number of rotatable bonds is 14. The summed E-state index contributed by atoms with van der Waals surface area (Å²) in [5.74, 6) is -1.38. The van der Waals surface area contributed by atoms with Gasteiger partial charge in [0.15, 0.2) is 0 Å². The Balaban J connectivity index is 1.51. The summed E-state index contributed by atoms with van der Waals surface area (Å²) in [5.41, 5.74) is 2.62. The number of carboxylic acid groups (broad SMARTS) is 1. The summed E-state index contributed by atoms with van der Waals surface area (Å²) in [6, 6.07) is 11.9. The second-order valence-electron chi connectivity index (χ2n) is 9.74. The van der Waals surface area contributed by atoms with Crippen LogP contribution in [-0.4, -0.2) is 84.5 Å². The van der Waals surface area contributed by atoms with Crippen LogP contribution in [0.5, 0.6) is 5.75 Å². The Kier molecular flexibility index (Phi) is 11.5. The molecule has 0 aliphatic carbocycles. The Morgan fingerprint density at radius 3 is 2.49 bits per heavy atom. The average Bonchev–Trinajstić information content (AvgIpc) is 3.35. The molecule has 12 heteroatoms. The summed E-state index contributed by atoms with van der Waals surface area (Å²) in [6.07, 6.45) is 1.62. The Hall–Kier alpha value is -4.61. The maximum Gasteiger partial charge on any atom is 0.323 e. The molecule has 0 aromatic heterocycles. The van der Waals surface area contributed by atoms with E-state index in [1.54, 1.807) is 29.2 Å². The van der Waals surface area contributed by atoms with Crippen LogP contribution < -0.4 is 20.7 Å². The number of anilines is 2. The Morgan fingerprint density at radius 2 is 1.80 bits per heavy atom. The van der Waals surface area contributed by atoms with Gasteiger partial charge in [0.2, 0.25) is 17.7 Å². The monoisotopic (exact) mass is 567 g/mol. The fraction of sp³-hybridized carbons (Fsp3) is 0.414. The molecule has 41 heavy (non-hydrogen) atoms. The first kappa shape index (κ1) is 30.9. The molecule has 0 saturated carbocycles. The topological polar surface area (TPSA) is 157 Å². The first-order valence-electron chi connectivity index (χ1n) is 13.5. The zero-order chi connectivity index (χ0) is 29.8. The number of carbonyl (C=O) groups is 5. The van der Waals surface area contributed by atoms with E-state index in [1.165, 1.54) is 12.0 Å². The number of likely N-dealkylation sites (tertiary alicyclic amines) is 1. The smallest absolute Gasteiger partial charge is 0.323 e. The zero-order valence-electron chi connectivity index (χ0n) is 23.4. The molecule has 0 radical (unpaired) electrons. The number of nitrogens with zero attached hydrogens (tertiary/aromatic N) is 2. The Labute approximate surface area is 239 Å². The van der Waals surface area contributed by atoms with Crippen molar-refractivity contribution in [3.8, 4) is 5.75 Å². The van der Waals surface area contributed by atoms with Crippen molar-refractivity contribution in [3.05, 3.63) is 53.6 Å². The fourth-order valence-corrected chi connectivity index (χ4v) is 4.46. The van der Waals surface area contributed by atoms with Gasteiger partial charge in [-0.1, -0.05) is 24.3 Å². The summed E-state index contributed by atoms with van der Waals surface area (Å²) in [5, 5.41) is 17.2. The van der Waals surface area contributed by atoms with E-state index in [0.717, 1.165) is 12.0 Å². The highest BCUT2D eigenvalue weighted by Crippen LogP contribution is 2.26. The summed E-state index contributed by atoms with van der Waals surface area (Å²) in [7, 11) is 1.45. The number of aliphatic carboxylic acids is 1. The summed E-state index contributed by atoms with van der Waals surface area (Å²) in [6.45, 7) is 3.10. The van der Waals surface area contributed by atoms with E-state index in [-0.39, 0.29) is 38.4 Å².